The van der Waals surface area contributed by atoms with Crippen molar-refractivity contribution >= 4 is 10.2 Å². The van der Waals surface area contributed by atoms with Crippen molar-refractivity contribution in [3.63, 3.8) is 0 Å². The van der Waals surface area contributed by atoms with Gasteiger partial charge in [-0.25, -0.2) is 0 Å². The number of nitrogens with two attached hydrogens (primary N) is 1. The van der Waals surface area contributed by atoms with E-state index in [0.717, 1.165) is 23.2 Å². The van der Waals surface area contributed by atoms with E-state index < -0.39 is 0 Å². The summed E-state index contributed by atoms with van der Waals surface area (Å²) in [5.74, 6) is 0. The second kappa shape index (κ2) is 3.58. The molecule has 0 aliphatic carbocycles. The van der Waals surface area contributed by atoms with Crippen molar-refractivity contribution in [2.45, 2.75) is 18.6 Å². The predicted octanol–water partition coefficient (Wildman–Crippen LogP) is -0.472. The first-order valence-electron chi connectivity index (χ1n) is 3.65. The number of hydrogen-bond donors (Lipinski definition) is 1. The number of rotatable bonds is 3. The molecule has 0 radical (unpaired) electrons. The van der Waals surface area contributed by atoms with Gasteiger partial charge in [-0.1, -0.05) is 0 Å². The Morgan fingerprint density at radius 3 is 2.50 bits per heavy atom. The van der Waals surface area contributed by atoms with Gasteiger partial charge in [0.05, 0.1) is 0 Å². The van der Waals surface area contributed by atoms with Crippen molar-refractivity contribution in [3.05, 3.63) is 24.5 Å². The average Bonchev–Trinajstić information content (AvgIpc) is 2.34. The third kappa shape index (κ3) is 2.37. The lowest BCUT2D eigenvalue weighted by Crippen LogP contribution is -2.21. The Morgan fingerprint density at radius 1 is 1.40 bits per heavy atom. The van der Waals surface area contributed by atoms with Crippen LogP contribution in [0.3, 0.4) is 0 Å². The van der Waals surface area contributed by atoms with Gasteiger partial charge in [0.1, 0.15) is 0 Å². The Morgan fingerprint density at radius 2 is 2.00 bits per heavy atom. The van der Waals surface area contributed by atoms with Crippen LogP contribution < -0.4 is 5.73 Å². The van der Waals surface area contributed by atoms with Crippen molar-refractivity contribution in [2.24, 2.45) is 5.73 Å². The molecule has 56 valence electrons. The highest BCUT2D eigenvalue weighted by atomic mass is 28.1. The van der Waals surface area contributed by atoms with Gasteiger partial charge in [0, 0.05) is 29.2 Å². The monoisotopic (exact) mass is 154 g/mol. The third-order valence-corrected chi connectivity index (χ3v) is 2.09. The summed E-state index contributed by atoms with van der Waals surface area (Å²) in [5, 5.41) is 0. The molecule has 1 unspecified atom stereocenters. The number of hydrogen-bond acceptors (Lipinski definition) is 1. The Labute approximate surface area is 64.5 Å². The summed E-state index contributed by atoms with van der Waals surface area (Å²) in [6.45, 7) is 1.07. The fraction of sp³-hybridized carbons (Fsp3) is 0.429. The maximum Gasteiger partial charge on any atom is 0.0239 e. The third-order valence-electron chi connectivity index (χ3n) is 1.51. The lowest BCUT2D eigenvalue weighted by molar-refractivity contribution is 0.629. The summed E-state index contributed by atoms with van der Waals surface area (Å²) in [6, 6.07) is 4.08. The molecule has 0 spiro atoms. The molecule has 0 bridgehead atoms. The van der Waals surface area contributed by atoms with Gasteiger partial charge in [0.2, 0.25) is 0 Å². The lowest BCUT2D eigenvalue weighted by atomic mass is 10.4. The molecular weight excluding hydrogens is 140 g/mol. The standard InChI is InChI=1S/C7H14N2Si/c8-7(10)3-6-9-4-1-2-5-9/h1-2,4-5,7H,3,6,8H2,10H3. The van der Waals surface area contributed by atoms with E-state index in [2.05, 4.69) is 17.0 Å². The normalized spacial score (nSPS) is 13.7. The van der Waals surface area contributed by atoms with Crippen LogP contribution in [0.1, 0.15) is 6.42 Å². The van der Waals surface area contributed by atoms with Gasteiger partial charge in [-0.3, -0.25) is 0 Å². The molecule has 0 aliphatic heterocycles. The molecule has 3 heteroatoms. The number of aryl methyl sites for hydroxylation is 1. The topological polar surface area (TPSA) is 30.9 Å². The molecule has 0 aromatic carbocycles. The summed E-state index contributed by atoms with van der Waals surface area (Å²) in [6.07, 6.45) is 5.26. The zero-order valence-electron chi connectivity index (χ0n) is 6.33. The van der Waals surface area contributed by atoms with Crippen molar-refractivity contribution in [1.29, 1.82) is 0 Å². The SMILES string of the molecule is NC([SiH3])CCn1cccc1. The van der Waals surface area contributed by atoms with Crippen LogP contribution >= 0.6 is 0 Å². The first kappa shape index (κ1) is 7.56. The van der Waals surface area contributed by atoms with Gasteiger partial charge in [0.15, 0.2) is 0 Å². The highest BCUT2D eigenvalue weighted by Gasteiger charge is 1.92. The quantitative estimate of drug-likeness (QED) is 0.586. The molecule has 0 fully saturated rings. The van der Waals surface area contributed by atoms with E-state index in [1.54, 1.807) is 0 Å². The molecule has 1 aromatic heterocycles. The molecule has 10 heavy (non-hydrogen) atoms. The van der Waals surface area contributed by atoms with Crippen LogP contribution in [-0.2, 0) is 6.54 Å². The fourth-order valence-corrected chi connectivity index (χ4v) is 1.13. The minimum absolute atomic E-state index is 0.447. The van der Waals surface area contributed by atoms with E-state index in [4.69, 9.17) is 5.73 Å². The van der Waals surface area contributed by atoms with Gasteiger partial charge in [-0.15, -0.1) is 0 Å². The van der Waals surface area contributed by atoms with Crippen molar-refractivity contribution in [3.8, 4) is 0 Å². The van der Waals surface area contributed by atoms with E-state index in [0.29, 0.717) is 5.67 Å². The largest absolute Gasteiger partial charge is 0.354 e. The van der Waals surface area contributed by atoms with Crippen molar-refractivity contribution in [1.82, 2.24) is 4.57 Å². The minimum atomic E-state index is 0.447. The van der Waals surface area contributed by atoms with Gasteiger partial charge in [0.25, 0.3) is 0 Å². The zero-order valence-corrected chi connectivity index (χ0v) is 8.33. The van der Waals surface area contributed by atoms with E-state index in [1.165, 1.54) is 0 Å². The molecule has 1 atom stereocenters. The van der Waals surface area contributed by atoms with E-state index in [1.807, 2.05) is 12.1 Å². The highest BCUT2D eigenvalue weighted by Crippen LogP contribution is 1.93. The first-order valence-corrected chi connectivity index (χ1v) is 4.81. The molecule has 0 saturated heterocycles. The summed E-state index contributed by atoms with van der Waals surface area (Å²) < 4.78 is 2.16. The minimum Gasteiger partial charge on any atom is -0.354 e. The van der Waals surface area contributed by atoms with Gasteiger partial charge in [-0.2, -0.15) is 0 Å². The number of nitrogens with zero attached hydrogens (tertiary/aromatic N) is 1. The van der Waals surface area contributed by atoms with Crippen LogP contribution in [0.15, 0.2) is 24.5 Å². The lowest BCUT2D eigenvalue weighted by Gasteiger charge is -2.04. The highest BCUT2D eigenvalue weighted by molar-refractivity contribution is 6.11. The molecule has 0 saturated carbocycles. The Hall–Kier alpha value is -0.543. The van der Waals surface area contributed by atoms with Crippen LogP contribution in [0.5, 0.6) is 0 Å². The van der Waals surface area contributed by atoms with Gasteiger partial charge >= 0.3 is 0 Å². The first-order chi connectivity index (χ1) is 4.79. The molecule has 0 aliphatic rings. The van der Waals surface area contributed by atoms with E-state index in [9.17, 15) is 0 Å². The number of aromatic nitrogens is 1. The Kier molecular flexibility index (Phi) is 2.71. The molecule has 2 N–H and O–H groups in total. The summed E-state index contributed by atoms with van der Waals surface area (Å²) >= 11 is 0. The summed E-state index contributed by atoms with van der Waals surface area (Å²) in [4.78, 5) is 0. The van der Waals surface area contributed by atoms with Crippen molar-refractivity contribution in [2.75, 3.05) is 0 Å². The molecule has 2 nitrogen and oxygen atoms in total. The average molecular weight is 154 g/mol. The molecular formula is C7H14N2Si. The summed E-state index contributed by atoms with van der Waals surface area (Å²) in [7, 11) is 1.10. The second-order valence-electron chi connectivity index (χ2n) is 2.69. The molecule has 1 rings (SSSR count). The van der Waals surface area contributed by atoms with Crippen LogP contribution in [-0.4, -0.2) is 20.5 Å². The fourth-order valence-electron chi connectivity index (χ4n) is 0.872. The Balaban J connectivity index is 2.28. The van der Waals surface area contributed by atoms with E-state index >= 15 is 0 Å². The van der Waals surface area contributed by atoms with Crippen LogP contribution in [0, 0.1) is 0 Å². The van der Waals surface area contributed by atoms with Crippen LogP contribution in [0.25, 0.3) is 0 Å². The van der Waals surface area contributed by atoms with Gasteiger partial charge < -0.3 is 10.3 Å². The van der Waals surface area contributed by atoms with E-state index in [-0.39, 0.29) is 0 Å². The Bertz CT molecular complexity index is 170. The van der Waals surface area contributed by atoms with Crippen LogP contribution in [0.2, 0.25) is 0 Å². The van der Waals surface area contributed by atoms with Crippen molar-refractivity contribution < 1.29 is 0 Å². The predicted molar refractivity (Wildman–Crippen MR) is 47.0 cm³/mol. The maximum absolute atomic E-state index is 5.66. The summed E-state index contributed by atoms with van der Waals surface area (Å²) in [5.41, 5.74) is 6.10. The molecule has 1 aromatic rings. The molecule has 0 amide bonds. The zero-order chi connectivity index (χ0) is 7.40. The second-order valence-corrected chi connectivity index (χ2v) is 4.17. The smallest absolute Gasteiger partial charge is 0.0239 e. The maximum atomic E-state index is 5.66. The molecule has 1 heterocycles. The van der Waals surface area contributed by atoms with Crippen LogP contribution in [0.4, 0.5) is 0 Å². The van der Waals surface area contributed by atoms with Gasteiger partial charge in [-0.05, 0) is 24.2 Å².